The number of fused-ring (bicyclic) bond motifs is 1. The standard InChI is InChI=1S/C21H26ClN3O2/c1-24-20(15-9-10-19(27-2)17(22)12-15)16(13-23-24)21(26)25-11-5-7-14-6-3-4-8-18(14)25/h9-10,12-14,18H,3-8,11H2,1-2H3. The minimum absolute atomic E-state index is 0.0987. The molecule has 27 heavy (non-hydrogen) atoms. The van der Waals surface area contributed by atoms with Gasteiger partial charge in [-0.25, -0.2) is 0 Å². The van der Waals surface area contributed by atoms with Crippen LogP contribution in [0.4, 0.5) is 0 Å². The van der Waals surface area contributed by atoms with E-state index in [0.717, 1.165) is 30.6 Å². The Morgan fingerprint density at radius 1 is 1.22 bits per heavy atom. The van der Waals surface area contributed by atoms with E-state index in [1.165, 1.54) is 25.7 Å². The molecule has 2 fully saturated rings. The van der Waals surface area contributed by atoms with Crippen LogP contribution in [0.3, 0.4) is 0 Å². The Bertz CT molecular complexity index is 846. The van der Waals surface area contributed by atoms with Gasteiger partial charge in [0.25, 0.3) is 5.91 Å². The molecule has 1 saturated carbocycles. The summed E-state index contributed by atoms with van der Waals surface area (Å²) in [6.07, 6.45) is 8.94. The molecule has 1 aromatic heterocycles. The van der Waals surface area contributed by atoms with Crippen molar-refractivity contribution in [2.75, 3.05) is 13.7 Å². The van der Waals surface area contributed by atoms with Crippen LogP contribution < -0.4 is 4.74 Å². The van der Waals surface area contributed by atoms with E-state index in [-0.39, 0.29) is 5.91 Å². The lowest BCUT2D eigenvalue weighted by Gasteiger charge is -2.44. The summed E-state index contributed by atoms with van der Waals surface area (Å²) in [6.45, 7) is 0.845. The number of rotatable bonds is 3. The summed E-state index contributed by atoms with van der Waals surface area (Å²) in [6, 6.07) is 5.98. The number of benzene rings is 1. The lowest BCUT2D eigenvalue weighted by Crippen LogP contribution is -2.49. The van der Waals surface area contributed by atoms with Gasteiger partial charge in [0.2, 0.25) is 0 Å². The number of halogens is 1. The van der Waals surface area contributed by atoms with Gasteiger partial charge in [-0.15, -0.1) is 0 Å². The van der Waals surface area contributed by atoms with Crippen molar-refractivity contribution in [3.63, 3.8) is 0 Å². The lowest BCUT2D eigenvalue weighted by atomic mass is 9.78. The summed E-state index contributed by atoms with van der Waals surface area (Å²) in [7, 11) is 3.46. The number of aromatic nitrogens is 2. The van der Waals surface area contributed by atoms with Gasteiger partial charge in [0.15, 0.2) is 0 Å². The van der Waals surface area contributed by atoms with Gasteiger partial charge in [-0.2, -0.15) is 5.10 Å². The van der Waals surface area contributed by atoms with Crippen LogP contribution in [0, 0.1) is 5.92 Å². The Hall–Kier alpha value is -2.01. The van der Waals surface area contributed by atoms with Crippen molar-refractivity contribution >= 4 is 17.5 Å². The van der Waals surface area contributed by atoms with Crippen LogP contribution in [-0.4, -0.2) is 40.3 Å². The molecule has 2 atom stereocenters. The maximum atomic E-state index is 13.5. The summed E-state index contributed by atoms with van der Waals surface area (Å²) in [5, 5.41) is 4.91. The third-order valence-electron chi connectivity index (χ3n) is 6.10. The van der Waals surface area contributed by atoms with Gasteiger partial charge in [0.1, 0.15) is 5.75 Å². The molecule has 1 aliphatic carbocycles. The normalized spacial score (nSPS) is 22.4. The molecule has 144 valence electrons. The van der Waals surface area contributed by atoms with Gasteiger partial charge in [-0.1, -0.05) is 24.4 Å². The molecule has 2 aromatic rings. The Labute approximate surface area is 165 Å². The van der Waals surface area contributed by atoms with Crippen LogP contribution in [-0.2, 0) is 7.05 Å². The summed E-state index contributed by atoms with van der Waals surface area (Å²) in [4.78, 5) is 15.6. The number of ether oxygens (including phenoxy) is 1. The minimum Gasteiger partial charge on any atom is -0.495 e. The summed E-state index contributed by atoms with van der Waals surface area (Å²) < 4.78 is 7.01. The molecule has 5 nitrogen and oxygen atoms in total. The zero-order valence-electron chi connectivity index (χ0n) is 15.9. The van der Waals surface area contributed by atoms with E-state index in [9.17, 15) is 4.79 Å². The maximum absolute atomic E-state index is 13.5. The second-order valence-corrected chi connectivity index (χ2v) is 8.04. The SMILES string of the molecule is COc1ccc(-c2c(C(=O)N3CCCC4CCCCC43)cnn2C)cc1Cl. The van der Waals surface area contributed by atoms with E-state index in [0.29, 0.717) is 28.3 Å². The highest BCUT2D eigenvalue weighted by Crippen LogP contribution is 2.37. The number of likely N-dealkylation sites (tertiary alicyclic amines) is 1. The van der Waals surface area contributed by atoms with Crippen LogP contribution in [0.15, 0.2) is 24.4 Å². The topological polar surface area (TPSA) is 47.4 Å². The van der Waals surface area contributed by atoms with E-state index in [4.69, 9.17) is 16.3 Å². The molecule has 1 amide bonds. The average Bonchev–Trinajstić information content (AvgIpc) is 3.08. The van der Waals surface area contributed by atoms with Crippen molar-refractivity contribution in [2.45, 2.75) is 44.6 Å². The van der Waals surface area contributed by atoms with Crippen molar-refractivity contribution in [3.8, 4) is 17.0 Å². The molecule has 2 unspecified atom stereocenters. The molecule has 2 heterocycles. The number of hydrogen-bond acceptors (Lipinski definition) is 3. The monoisotopic (exact) mass is 387 g/mol. The molecular formula is C21H26ClN3O2. The fraction of sp³-hybridized carbons (Fsp3) is 0.524. The highest BCUT2D eigenvalue weighted by molar-refractivity contribution is 6.32. The smallest absolute Gasteiger partial charge is 0.257 e. The van der Waals surface area contributed by atoms with Gasteiger partial charge in [0, 0.05) is 25.2 Å². The molecule has 0 spiro atoms. The van der Waals surface area contributed by atoms with E-state index < -0.39 is 0 Å². The van der Waals surface area contributed by atoms with Gasteiger partial charge in [0.05, 0.1) is 29.6 Å². The van der Waals surface area contributed by atoms with Crippen LogP contribution in [0.2, 0.25) is 5.02 Å². The fourth-order valence-electron chi connectivity index (χ4n) is 4.78. The molecule has 0 bridgehead atoms. The molecule has 1 aromatic carbocycles. The van der Waals surface area contributed by atoms with Crippen molar-refractivity contribution < 1.29 is 9.53 Å². The van der Waals surface area contributed by atoms with Crippen LogP contribution in [0.1, 0.15) is 48.9 Å². The molecular weight excluding hydrogens is 362 g/mol. The number of piperidine rings is 1. The van der Waals surface area contributed by atoms with E-state index in [1.54, 1.807) is 18.0 Å². The number of aryl methyl sites for hydroxylation is 1. The second-order valence-electron chi connectivity index (χ2n) is 7.63. The van der Waals surface area contributed by atoms with Crippen molar-refractivity contribution in [3.05, 3.63) is 35.0 Å². The Balaban J connectivity index is 1.68. The minimum atomic E-state index is 0.0987. The highest BCUT2D eigenvalue weighted by Gasteiger charge is 2.37. The van der Waals surface area contributed by atoms with Crippen molar-refractivity contribution in [1.82, 2.24) is 14.7 Å². The Morgan fingerprint density at radius 2 is 2.00 bits per heavy atom. The third kappa shape index (κ3) is 3.33. The van der Waals surface area contributed by atoms with Crippen molar-refractivity contribution in [1.29, 1.82) is 0 Å². The molecule has 0 radical (unpaired) electrons. The fourth-order valence-corrected chi connectivity index (χ4v) is 5.04. The number of carbonyl (C=O) groups is 1. The number of nitrogens with zero attached hydrogens (tertiary/aromatic N) is 3. The first-order valence-electron chi connectivity index (χ1n) is 9.77. The van der Waals surface area contributed by atoms with E-state index in [1.807, 2.05) is 25.2 Å². The first kappa shape index (κ1) is 18.4. The van der Waals surface area contributed by atoms with E-state index in [2.05, 4.69) is 10.00 Å². The quantitative estimate of drug-likeness (QED) is 0.776. The number of hydrogen-bond donors (Lipinski definition) is 0. The van der Waals surface area contributed by atoms with Crippen LogP contribution in [0.25, 0.3) is 11.3 Å². The predicted octanol–water partition coefficient (Wildman–Crippen LogP) is 4.54. The zero-order chi connectivity index (χ0) is 19.0. The lowest BCUT2D eigenvalue weighted by molar-refractivity contribution is 0.0391. The second kappa shape index (κ2) is 7.55. The molecule has 0 N–H and O–H groups in total. The average molecular weight is 388 g/mol. The number of methoxy groups -OCH3 is 1. The van der Waals surface area contributed by atoms with Gasteiger partial charge >= 0.3 is 0 Å². The first-order valence-corrected chi connectivity index (χ1v) is 10.1. The Kier molecular flexibility index (Phi) is 5.13. The number of carbonyl (C=O) groups excluding carboxylic acids is 1. The molecule has 4 rings (SSSR count). The first-order chi connectivity index (χ1) is 13.1. The summed E-state index contributed by atoms with van der Waals surface area (Å²) >= 11 is 6.32. The summed E-state index contributed by atoms with van der Waals surface area (Å²) in [5.74, 6) is 1.38. The van der Waals surface area contributed by atoms with Crippen molar-refractivity contribution in [2.24, 2.45) is 13.0 Å². The van der Waals surface area contributed by atoms with E-state index >= 15 is 0 Å². The number of amides is 1. The molecule has 6 heteroatoms. The van der Waals surface area contributed by atoms with Crippen LogP contribution >= 0.6 is 11.6 Å². The van der Waals surface area contributed by atoms with Crippen LogP contribution in [0.5, 0.6) is 5.75 Å². The maximum Gasteiger partial charge on any atom is 0.257 e. The Morgan fingerprint density at radius 3 is 2.78 bits per heavy atom. The largest absolute Gasteiger partial charge is 0.495 e. The molecule has 1 saturated heterocycles. The van der Waals surface area contributed by atoms with Gasteiger partial charge < -0.3 is 9.64 Å². The predicted molar refractivity (Wildman–Crippen MR) is 106 cm³/mol. The molecule has 2 aliphatic rings. The molecule has 1 aliphatic heterocycles. The highest BCUT2D eigenvalue weighted by atomic mass is 35.5. The summed E-state index contributed by atoms with van der Waals surface area (Å²) in [5.41, 5.74) is 2.34. The zero-order valence-corrected chi connectivity index (χ0v) is 16.7. The third-order valence-corrected chi connectivity index (χ3v) is 6.39. The van der Waals surface area contributed by atoms with Gasteiger partial charge in [-0.05, 0) is 49.8 Å². The van der Waals surface area contributed by atoms with Gasteiger partial charge in [-0.3, -0.25) is 9.48 Å².